The molecule has 0 saturated heterocycles. The first kappa shape index (κ1) is 13.1. The number of sulfone groups is 2. The van der Waals surface area contributed by atoms with E-state index in [-0.39, 0.29) is 15.7 Å². The predicted octanol–water partition coefficient (Wildman–Crippen LogP) is 0.174. The van der Waals surface area contributed by atoms with Gasteiger partial charge in [0.2, 0.25) is 9.84 Å². The zero-order valence-electron chi connectivity index (χ0n) is 10.0. The van der Waals surface area contributed by atoms with E-state index in [4.69, 9.17) is 0 Å². The summed E-state index contributed by atoms with van der Waals surface area (Å²) in [5, 5.41) is -1.69. The van der Waals surface area contributed by atoms with Gasteiger partial charge in [-0.1, -0.05) is 6.07 Å². The molecule has 1 aliphatic rings. The van der Waals surface area contributed by atoms with Gasteiger partial charge in [-0.2, -0.15) is 0 Å². The second-order valence-corrected chi connectivity index (χ2v) is 8.26. The maximum atomic E-state index is 12.5. The third-order valence-corrected chi connectivity index (χ3v) is 6.82. The lowest BCUT2D eigenvalue weighted by Gasteiger charge is -2.09. The molecule has 1 aliphatic heterocycles. The first-order valence-corrected chi connectivity index (χ1v) is 8.81. The van der Waals surface area contributed by atoms with Crippen molar-refractivity contribution < 1.29 is 16.8 Å². The molecule has 0 radical (unpaired) electrons. The van der Waals surface area contributed by atoms with Crippen LogP contribution in [-0.2, 0) is 19.7 Å². The highest BCUT2D eigenvalue weighted by molar-refractivity contribution is 7.96. The smallest absolute Gasteiger partial charge is 0.205 e. The fourth-order valence-corrected chi connectivity index (χ4v) is 6.06. The molecule has 104 valence electrons. The van der Waals surface area contributed by atoms with Crippen molar-refractivity contribution in [3.05, 3.63) is 42.5 Å². The van der Waals surface area contributed by atoms with Crippen LogP contribution in [0, 0.1) is 0 Å². The minimum absolute atomic E-state index is 0.0295. The molecule has 1 atom stereocenters. The van der Waals surface area contributed by atoms with Crippen molar-refractivity contribution in [3.8, 4) is 0 Å². The third-order valence-electron chi connectivity index (χ3n) is 2.97. The molecule has 0 aliphatic carbocycles. The highest BCUT2D eigenvalue weighted by atomic mass is 32.2. The van der Waals surface area contributed by atoms with Crippen LogP contribution in [0.15, 0.2) is 46.8 Å². The number of hydrogen-bond donors (Lipinski definition) is 0. The maximum Gasteiger partial charge on any atom is 0.205 e. The first-order chi connectivity index (χ1) is 9.43. The lowest BCUT2D eigenvalue weighted by Crippen LogP contribution is -2.17. The Kier molecular flexibility index (Phi) is 2.83. The van der Waals surface area contributed by atoms with Crippen LogP contribution >= 0.6 is 0 Å². The Balaban J connectivity index is 2.19. The van der Waals surface area contributed by atoms with Crippen LogP contribution in [-0.4, -0.2) is 37.5 Å². The van der Waals surface area contributed by atoms with Gasteiger partial charge >= 0.3 is 0 Å². The van der Waals surface area contributed by atoms with Crippen LogP contribution in [0.2, 0.25) is 0 Å². The van der Waals surface area contributed by atoms with Crippen molar-refractivity contribution in [2.24, 2.45) is 0 Å². The Morgan fingerprint density at radius 3 is 2.50 bits per heavy atom. The van der Waals surface area contributed by atoms with E-state index in [0.717, 1.165) is 0 Å². The van der Waals surface area contributed by atoms with Crippen LogP contribution in [0.4, 0.5) is 0 Å². The number of nitrogens with zero attached hydrogens (tertiary/aromatic N) is 3. The van der Waals surface area contributed by atoms with Crippen molar-refractivity contribution in [2.45, 2.75) is 15.3 Å². The molecule has 3 rings (SSSR count). The molecular weight excluding hydrogens is 302 g/mol. The monoisotopic (exact) mass is 311 g/mol. The topological polar surface area (TPSA) is 107 Å². The molecule has 2 aromatic heterocycles. The molecular formula is C11H9N3O4S2. The minimum atomic E-state index is -3.92. The fourth-order valence-electron chi connectivity index (χ4n) is 2.05. The molecule has 0 saturated carbocycles. The van der Waals surface area contributed by atoms with E-state index >= 15 is 0 Å². The summed E-state index contributed by atoms with van der Waals surface area (Å²) in [4.78, 5) is 11.4. The molecule has 0 N–H and O–H groups in total. The largest absolute Gasteiger partial charge is 0.255 e. The average molecular weight is 311 g/mol. The first-order valence-electron chi connectivity index (χ1n) is 5.61. The molecule has 0 aromatic carbocycles. The molecule has 3 heterocycles. The standard InChI is InChI=1S/C11H9N3O4S2/c15-19(16)7-8(10-11(19)14-6-5-13-10)20(17,18)9-3-1-2-4-12-9/h1-6,8H,7H2. The zero-order valence-corrected chi connectivity index (χ0v) is 11.7. The van der Waals surface area contributed by atoms with E-state index in [1.165, 1.54) is 30.7 Å². The summed E-state index contributed by atoms with van der Waals surface area (Å²) in [5.41, 5.74) is -0.0295. The summed E-state index contributed by atoms with van der Waals surface area (Å²) in [6.45, 7) is 0. The maximum absolute atomic E-state index is 12.5. The van der Waals surface area contributed by atoms with Crippen molar-refractivity contribution in [3.63, 3.8) is 0 Å². The van der Waals surface area contributed by atoms with Gasteiger partial charge in [0.05, 0.1) is 11.4 Å². The lowest BCUT2D eigenvalue weighted by molar-refractivity contribution is 0.578. The second kappa shape index (κ2) is 4.32. The van der Waals surface area contributed by atoms with Crippen LogP contribution in [0.3, 0.4) is 0 Å². The highest BCUT2D eigenvalue weighted by Gasteiger charge is 2.45. The van der Waals surface area contributed by atoms with Crippen molar-refractivity contribution in [1.29, 1.82) is 0 Å². The molecule has 20 heavy (non-hydrogen) atoms. The SMILES string of the molecule is O=S1(=O)CC(S(=O)(=O)c2ccccn2)c2nccnc21. The summed E-state index contributed by atoms with van der Waals surface area (Å²) in [6.07, 6.45) is 3.85. The molecule has 9 heteroatoms. The number of aromatic nitrogens is 3. The van der Waals surface area contributed by atoms with E-state index in [0.29, 0.717) is 0 Å². The van der Waals surface area contributed by atoms with Gasteiger partial charge in [-0.05, 0) is 12.1 Å². The average Bonchev–Trinajstić information content (AvgIpc) is 2.73. The van der Waals surface area contributed by atoms with E-state index in [1.807, 2.05) is 0 Å². The predicted molar refractivity (Wildman–Crippen MR) is 68.2 cm³/mol. The van der Waals surface area contributed by atoms with Gasteiger partial charge in [-0.3, -0.25) is 4.98 Å². The van der Waals surface area contributed by atoms with Gasteiger partial charge < -0.3 is 0 Å². The van der Waals surface area contributed by atoms with Gasteiger partial charge in [-0.25, -0.2) is 26.8 Å². The molecule has 0 bridgehead atoms. The summed E-state index contributed by atoms with van der Waals surface area (Å²) in [5.74, 6) is -0.550. The Labute approximate surface area is 115 Å². The zero-order chi connectivity index (χ0) is 14.4. The van der Waals surface area contributed by atoms with Crippen molar-refractivity contribution in [2.75, 3.05) is 5.75 Å². The normalized spacial score (nSPS) is 20.5. The van der Waals surface area contributed by atoms with Crippen LogP contribution < -0.4 is 0 Å². The number of hydrogen-bond acceptors (Lipinski definition) is 7. The third kappa shape index (κ3) is 1.90. The molecule has 2 aromatic rings. The quantitative estimate of drug-likeness (QED) is 0.778. The van der Waals surface area contributed by atoms with E-state index in [9.17, 15) is 16.8 Å². The Hall–Kier alpha value is -1.87. The molecule has 0 spiro atoms. The van der Waals surface area contributed by atoms with Gasteiger partial charge in [-0.15, -0.1) is 0 Å². The molecule has 0 amide bonds. The van der Waals surface area contributed by atoms with E-state index in [1.54, 1.807) is 6.07 Å². The fraction of sp³-hybridized carbons (Fsp3) is 0.182. The number of pyridine rings is 1. The lowest BCUT2D eigenvalue weighted by atomic mass is 10.3. The Morgan fingerprint density at radius 1 is 1.05 bits per heavy atom. The second-order valence-electron chi connectivity index (χ2n) is 4.23. The van der Waals surface area contributed by atoms with Crippen molar-refractivity contribution in [1.82, 2.24) is 15.0 Å². The molecule has 0 fully saturated rings. The minimum Gasteiger partial charge on any atom is -0.255 e. The molecule has 1 unspecified atom stereocenters. The highest BCUT2D eigenvalue weighted by Crippen LogP contribution is 2.37. The molecule has 7 nitrogen and oxygen atoms in total. The van der Waals surface area contributed by atoms with Gasteiger partial charge in [0.1, 0.15) is 5.25 Å². The van der Waals surface area contributed by atoms with Crippen LogP contribution in [0.1, 0.15) is 10.9 Å². The Bertz CT molecular complexity index is 864. The van der Waals surface area contributed by atoms with Crippen LogP contribution in [0.5, 0.6) is 0 Å². The van der Waals surface area contributed by atoms with Crippen LogP contribution in [0.25, 0.3) is 0 Å². The van der Waals surface area contributed by atoms with E-state index in [2.05, 4.69) is 15.0 Å². The Morgan fingerprint density at radius 2 is 1.80 bits per heavy atom. The summed E-state index contributed by atoms with van der Waals surface area (Å²) in [6, 6.07) is 4.44. The van der Waals surface area contributed by atoms with Gasteiger partial charge in [0.25, 0.3) is 0 Å². The van der Waals surface area contributed by atoms with E-state index < -0.39 is 30.7 Å². The summed E-state index contributed by atoms with van der Waals surface area (Å²) in [7, 11) is -7.64. The summed E-state index contributed by atoms with van der Waals surface area (Å²) >= 11 is 0. The summed E-state index contributed by atoms with van der Waals surface area (Å²) < 4.78 is 48.9. The number of fused-ring (bicyclic) bond motifs is 1. The number of rotatable bonds is 2. The van der Waals surface area contributed by atoms with Gasteiger partial charge in [0, 0.05) is 18.6 Å². The van der Waals surface area contributed by atoms with Gasteiger partial charge in [0.15, 0.2) is 19.9 Å². The van der Waals surface area contributed by atoms with Crippen molar-refractivity contribution >= 4 is 19.7 Å².